The fourth-order valence-corrected chi connectivity index (χ4v) is 2.26. The van der Waals surface area contributed by atoms with Crippen molar-refractivity contribution in [3.63, 3.8) is 0 Å². The number of anilines is 3. The fourth-order valence-electron chi connectivity index (χ4n) is 2.26. The van der Waals surface area contributed by atoms with Gasteiger partial charge in [-0.25, -0.2) is 4.98 Å². The lowest BCUT2D eigenvalue weighted by Crippen LogP contribution is -2.23. The van der Waals surface area contributed by atoms with E-state index in [9.17, 15) is 4.79 Å². The van der Waals surface area contributed by atoms with Crippen molar-refractivity contribution in [2.45, 2.75) is 27.7 Å². The van der Waals surface area contributed by atoms with Crippen molar-refractivity contribution < 1.29 is 4.79 Å². The van der Waals surface area contributed by atoms with Crippen LogP contribution in [-0.2, 0) is 0 Å². The maximum Gasteiger partial charge on any atom is 0.229 e. The first-order valence-corrected chi connectivity index (χ1v) is 7.52. The number of benzene rings is 1. The fraction of sp³-hybridized carbons (Fsp3) is 0.353. The van der Waals surface area contributed by atoms with E-state index < -0.39 is 0 Å². The highest BCUT2D eigenvalue weighted by molar-refractivity contribution is 5.95. The maximum atomic E-state index is 11.5. The van der Waals surface area contributed by atoms with Gasteiger partial charge in [0.25, 0.3) is 0 Å². The topological polar surface area (TPSA) is 58.1 Å². The summed E-state index contributed by atoms with van der Waals surface area (Å²) < 4.78 is 0. The minimum Gasteiger partial charge on any atom is -0.357 e. The first kappa shape index (κ1) is 15.9. The predicted molar refractivity (Wildman–Crippen MR) is 90.1 cm³/mol. The van der Waals surface area contributed by atoms with Gasteiger partial charge in [0.15, 0.2) is 5.78 Å². The largest absolute Gasteiger partial charge is 0.357 e. The zero-order valence-corrected chi connectivity index (χ0v) is 13.6. The predicted octanol–water partition coefficient (Wildman–Crippen LogP) is 3.58. The van der Waals surface area contributed by atoms with Crippen LogP contribution < -0.4 is 10.2 Å². The first-order chi connectivity index (χ1) is 10.5. The van der Waals surface area contributed by atoms with Crippen LogP contribution in [-0.4, -0.2) is 28.8 Å². The minimum atomic E-state index is 0.0395. The van der Waals surface area contributed by atoms with Crippen molar-refractivity contribution in [1.82, 2.24) is 9.97 Å². The Bertz CT molecular complexity index is 665. The summed E-state index contributed by atoms with van der Waals surface area (Å²) in [4.78, 5) is 22.6. The molecule has 1 heterocycles. The summed E-state index contributed by atoms with van der Waals surface area (Å²) >= 11 is 0. The SMILES string of the molecule is CCN(CC)c1cc(C)nc(Nc2cccc(C(C)=O)c2)n1. The molecule has 0 aliphatic heterocycles. The summed E-state index contributed by atoms with van der Waals surface area (Å²) in [6.07, 6.45) is 0. The molecule has 0 saturated carbocycles. The molecular formula is C17H22N4O. The Morgan fingerprint density at radius 3 is 2.55 bits per heavy atom. The summed E-state index contributed by atoms with van der Waals surface area (Å²) in [5, 5.41) is 3.18. The van der Waals surface area contributed by atoms with Gasteiger partial charge in [0.05, 0.1) is 0 Å². The molecular weight excluding hydrogens is 276 g/mol. The van der Waals surface area contributed by atoms with Crippen LogP contribution in [0.2, 0.25) is 0 Å². The average molecular weight is 298 g/mol. The van der Waals surface area contributed by atoms with Gasteiger partial charge in [-0.3, -0.25) is 4.79 Å². The van der Waals surface area contributed by atoms with E-state index >= 15 is 0 Å². The van der Waals surface area contributed by atoms with E-state index in [1.807, 2.05) is 31.2 Å². The molecule has 116 valence electrons. The molecule has 0 aliphatic carbocycles. The van der Waals surface area contributed by atoms with E-state index in [1.165, 1.54) is 0 Å². The number of nitrogens with zero attached hydrogens (tertiary/aromatic N) is 3. The van der Waals surface area contributed by atoms with Crippen molar-refractivity contribution in [3.8, 4) is 0 Å². The second kappa shape index (κ2) is 7.02. The van der Waals surface area contributed by atoms with Crippen LogP contribution in [0.1, 0.15) is 36.8 Å². The standard InChI is InChI=1S/C17H22N4O/c1-5-21(6-2)16-10-12(3)18-17(20-16)19-15-9-7-8-14(11-15)13(4)22/h7-11H,5-6H2,1-4H3,(H,18,19,20). The van der Waals surface area contributed by atoms with Crippen LogP contribution in [0.3, 0.4) is 0 Å². The molecule has 0 amide bonds. The molecule has 0 saturated heterocycles. The molecule has 0 atom stereocenters. The monoisotopic (exact) mass is 298 g/mol. The summed E-state index contributed by atoms with van der Waals surface area (Å²) in [5.41, 5.74) is 2.38. The highest BCUT2D eigenvalue weighted by atomic mass is 16.1. The number of carbonyl (C=O) groups excluding carboxylic acids is 1. The zero-order valence-electron chi connectivity index (χ0n) is 13.6. The molecule has 0 fully saturated rings. The number of Topliss-reactive ketones (excluding diaryl/α,β-unsaturated/α-hetero) is 1. The lowest BCUT2D eigenvalue weighted by atomic mass is 10.1. The Morgan fingerprint density at radius 1 is 1.18 bits per heavy atom. The summed E-state index contributed by atoms with van der Waals surface area (Å²) in [5.74, 6) is 1.49. The quantitative estimate of drug-likeness (QED) is 0.826. The Hall–Kier alpha value is -2.43. The average Bonchev–Trinajstić information content (AvgIpc) is 2.48. The van der Waals surface area contributed by atoms with Gasteiger partial charge in [-0.2, -0.15) is 4.98 Å². The highest BCUT2D eigenvalue weighted by Crippen LogP contribution is 2.19. The molecule has 2 aromatic rings. The van der Waals surface area contributed by atoms with Gasteiger partial charge >= 0.3 is 0 Å². The van der Waals surface area contributed by atoms with Crippen molar-refractivity contribution in [2.75, 3.05) is 23.3 Å². The van der Waals surface area contributed by atoms with Crippen LogP contribution >= 0.6 is 0 Å². The molecule has 2 rings (SSSR count). The van der Waals surface area contributed by atoms with Gasteiger partial charge in [-0.05, 0) is 39.8 Å². The normalized spacial score (nSPS) is 10.4. The van der Waals surface area contributed by atoms with Crippen LogP contribution in [0.4, 0.5) is 17.5 Å². The number of hydrogen-bond donors (Lipinski definition) is 1. The number of rotatable bonds is 6. The summed E-state index contributed by atoms with van der Waals surface area (Å²) in [6, 6.07) is 9.33. The van der Waals surface area contributed by atoms with Gasteiger partial charge in [0.2, 0.25) is 5.95 Å². The summed E-state index contributed by atoms with van der Waals surface area (Å²) in [6.45, 7) is 9.50. The summed E-state index contributed by atoms with van der Waals surface area (Å²) in [7, 11) is 0. The molecule has 0 unspecified atom stereocenters. The molecule has 0 spiro atoms. The highest BCUT2D eigenvalue weighted by Gasteiger charge is 2.08. The number of aromatic nitrogens is 2. The van der Waals surface area contributed by atoms with E-state index in [4.69, 9.17) is 0 Å². The third kappa shape index (κ3) is 3.81. The Kier molecular flexibility index (Phi) is 5.09. The third-order valence-corrected chi connectivity index (χ3v) is 3.45. The van der Waals surface area contributed by atoms with Crippen molar-refractivity contribution in [3.05, 3.63) is 41.6 Å². The third-order valence-electron chi connectivity index (χ3n) is 3.45. The van der Waals surface area contributed by atoms with Crippen LogP contribution in [0.5, 0.6) is 0 Å². The number of aryl methyl sites for hydroxylation is 1. The van der Waals surface area contributed by atoms with E-state index in [1.54, 1.807) is 13.0 Å². The molecule has 5 heteroatoms. The van der Waals surface area contributed by atoms with E-state index in [0.717, 1.165) is 30.3 Å². The van der Waals surface area contributed by atoms with Crippen LogP contribution in [0, 0.1) is 6.92 Å². The maximum absolute atomic E-state index is 11.5. The molecule has 1 aromatic carbocycles. The molecule has 22 heavy (non-hydrogen) atoms. The number of carbonyl (C=O) groups is 1. The van der Waals surface area contributed by atoms with Gasteiger partial charge in [-0.1, -0.05) is 12.1 Å². The molecule has 0 aliphatic rings. The Balaban J connectivity index is 2.29. The number of ketones is 1. The van der Waals surface area contributed by atoms with Crippen LogP contribution in [0.25, 0.3) is 0 Å². The van der Waals surface area contributed by atoms with E-state index in [2.05, 4.69) is 34.0 Å². The van der Waals surface area contributed by atoms with Crippen molar-refractivity contribution in [2.24, 2.45) is 0 Å². The van der Waals surface area contributed by atoms with E-state index in [-0.39, 0.29) is 5.78 Å². The second-order valence-corrected chi connectivity index (χ2v) is 5.13. The number of hydrogen-bond acceptors (Lipinski definition) is 5. The lowest BCUT2D eigenvalue weighted by Gasteiger charge is -2.20. The van der Waals surface area contributed by atoms with Crippen molar-refractivity contribution in [1.29, 1.82) is 0 Å². The molecule has 1 N–H and O–H groups in total. The molecule has 5 nitrogen and oxygen atoms in total. The Labute approximate surface area is 131 Å². The van der Waals surface area contributed by atoms with Gasteiger partial charge in [0.1, 0.15) is 5.82 Å². The smallest absolute Gasteiger partial charge is 0.229 e. The number of nitrogens with one attached hydrogen (secondary N) is 1. The second-order valence-electron chi connectivity index (χ2n) is 5.13. The first-order valence-electron chi connectivity index (χ1n) is 7.52. The lowest BCUT2D eigenvalue weighted by molar-refractivity contribution is 0.101. The van der Waals surface area contributed by atoms with Gasteiger partial charge < -0.3 is 10.2 Å². The Morgan fingerprint density at radius 2 is 1.91 bits per heavy atom. The molecule has 0 radical (unpaired) electrons. The molecule has 0 bridgehead atoms. The van der Waals surface area contributed by atoms with Crippen molar-refractivity contribution >= 4 is 23.2 Å². The van der Waals surface area contributed by atoms with Gasteiger partial charge in [0, 0.05) is 36.1 Å². The minimum absolute atomic E-state index is 0.0395. The van der Waals surface area contributed by atoms with E-state index in [0.29, 0.717) is 11.5 Å². The molecule has 1 aromatic heterocycles. The van der Waals surface area contributed by atoms with Crippen LogP contribution in [0.15, 0.2) is 30.3 Å². The van der Waals surface area contributed by atoms with Gasteiger partial charge in [-0.15, -0.1) is 0 Å². The zero-order chi connectivity index (χ0) is 16.1.